The second-order valence-corrected chi connectivity index (χ2v) is 5.19. The molecule has 0 radical (unpaired) electrons. The van der Waals surface area contributed by atoms with Crippen LogP contribution in [0.2, 0.25) is 0 Å². The quantitative estimate of drug-likeness (QED) is 0.781. The number of hydrogen-bond donors (Lipinski definition) is 1. The van der Waals surface area contributed by atoms with Crippen LogP contribution in [0.5, 0.6) is 5.75 Å². The summed E-state index contributed by atoms with van der Waals surface area (Å²) in [7, 11) is 0. The number of para-hydroxylation sites is 1. The molecule has 0 aliphatic heterocycles. The molecule has 1 aromatic carbocycles. The number of esters is 1. The van der Waals surface area contributed by atoms with Crippen molar-refractivity contribution in [2.75, 3.05) is 0 Å². The molecular weight excluding hydrogens is 270 g/mol. The number of rotatable bonds is 7. The third kappa shape index (κ3) is 4.77. The molecule has 0 spiro atoms. The second-order valence-electron chi connectivity index (χ2n) is 5.19. The normalized spacial score (nSPS) is 16.7. The maximum atomic E-state index is 12.1. The number of benzene rings is 1. The molecule has 21 heavy (non-hydrogen) atoms. The highest BCUT2D eigenvalue weighted by molar-refractivity contribution is 5.85. The summed E-state index contributed by atoms with van der Waals surface area (Å²) in [6, 6.07) is 9.34. The van der Waals surface area contributed by atoms with Crippen molar-refractivity contribution in [2.45, 2.75) is 51.4 Å². The van der Waals surface area contributed by atoms with Gasteiger partial charge >= 0.3 is 5.97 Å². The molecule has 1 saturated carbocycles. The summed E-state index contributed by atoms with van der Waals surface area (Å²) in [5.74, 6) is -0.156. The summed E-state index contributed by atoms with van der Waals surface area (Å²) in [4.78, 5) is 23.8. The minimum absolute atomic E-state index is 0.250. The zero-order valence-corrected chi connectivity index (χ0v) is 12.4. The predicted molar refractivity (Wildman–Crippen MR) is 77.9 cm³/mol. The zero-order chi connectivity index (χ0) is 15.2. The first kappa shape index (κ1) is 15.4. The van der Waals surface area contributed by atoms with Crippen molar-refractivity contribution >= 4 is 11.9 Å². The summed E-state index contributed by atoms with van der Waals surface area (Å²) >= 11 is 0. The van der Waals surface area contributed by atoms with Crippen molar-refractivity contribution < 1.29 is 19.1 Å². The van der Waals surface area contributed by atoms with Crippen LogP contribution in [0.25, 0.3) is 0 Å². The Kier molecular flexibility index (Phi) is 5.20. The third-order valence-electron chi connectivity index (χ3n) is 3.24. The Hall–Kier alpha value is -2.04. The molecule has 0 saturated heterocycles. The fourth-order valence-corrected chi connectivity index (χ4v) is 1.81. The molecule has 1 aromatic rings. The molecular formula is C16H21NO4. The Morgan fingerprint density at radius 2 is 1.95 bits per heavy atom. The molecule has 114 valence electrons. The summed E-state index contributed by atoms with van der Waals surface area (Å²) in [5, 5.41) is 2.81. The molecule has 0 unspecified atom stereocenters. The molecule has 2 rings (SSSR count). The zero-order valence-electron chi connectivity index (χ0n) is 12.4. The minimum Gasteiger partial charge on any atom is -0.479 e. The van der Waals surface area contributed by atoms with Crippen LogP contribution in [0.3, 0.4) is 0 Å². The van der Waals surface area contributed by atoms with E-state index in [0.717, 1.165) is 12.8 Å². The van der Waals surface area contributed by atoms with Gasteiger partial charge in [0, 0.05) is 6.04 Å². The molecule has 1 aliphatic carbocycles. The van der Waals surface area contributed by atoms with Gasteiger partial charge in [-0.05, 0) is 38.3 Å². The van der Waals surface area contributed by atoms with Gasteiger partial charge in [0.1, 0.15) is 5.75 Å². The molecule has 5 nitrogen and oxygen atoms in total. The van der Waals surface area contributed by atoms with Crippen molar-refractivity contribution in [3.8, 4) is 5.75 Å². The van der Waals surface area contributed by atoms with Crippen molar-refractivity contribution in [1.29, 1.82) is 0 Å². The Morgan fingerprint density at radius 1 is 1.29 bits per heavy atom. The van der Waals surface area contributed by atoms with Crippen LogP contribution in [0.1, 0.15) is 33.1 Å². The maximum Gasteiger partial charge on any atom is 0.348 e. The molecule has 2 atom stereocenters. The van der Waals surface area contributed by atoms with E-state index >= 15 is 0 Å². The molecule has 1 N–H and O–H groups in total. The number of carbonyl (C=O) groups excluding carboxylic acids is 2. The van der Waals surface area contributed by atoms with E-state index in [1.807, 2.05) is 25.1 Å². The van der Waals surface area contributed by atoms with Crippen LogP contribution >= 0.6 is 0 Å². The lowest BCUT2D eigenvalue weighted by molar-refractivity contribution is -0.161. The van der Waals surface area contributed by atoms with Crippen LogP contribution in [0, 0.1) is 0 Å². The first-order chi connectivity index (χ1) is 10.1. The minimum atomic E-state index is -0.800. The van der Waals surface area contributed by atoms with Crippen molar-refractivity contribution in [2.24, 2.45) is 0 Å². The number of carbonyl (C=O) groups is 2. The van der Waals surface area contributed by atoms with E-state index in [2.05, 4.69) is 5.32 Å². The molecule has 0 bridgehead atoms. The number of hydrogen-bond acceptors (Lipinski definition) is 4. The van der Waals surface area contributed by atoms with Gasteiger partial charge in [0.05, 0.1) is 0 Å². The highest BCUT2D eigenvalue weighted by Gasteiger charge is 2.29. The summed E-state index contributed by atoms with van der Waals surface area (Å²) in [5.41, 5.74) is 0. The number of nitrogens with one attached hydrogen (secondary N) is 1. The van der Waals surface area contributed by atoms with Crippen LogP contribution in [0.4, 0.5) is 0 Å². The predicted octanol–water partition coefficient (Wildman–Crippen LogP) is 2.05. The topological polar surface area (TPSA) is 64.6 Å². The average Bonchev–Trinajstić information content (AvgIpc) is 3.29. The maximum absolute atomic E-state index is 12.1. The van der Waals surface area contributed by atoms with E-state index in [0.29, 0.717) is 12.2 Å². The number of amides is 1. The Bertz CT molecular complexity index is 484. The van der Waals surface area contributed by atoms with Crippen molar-refractivity contribution in [3.05, 3.63) is 30.3 Å². The smallest absolute Gasteiger partial charge is 0.348 e. The average molecular weight is 291 g/mol. The van der Waals surface area contributed by atoms with Gasteiger partial charge in [0.15, 0.2) is 12.2 Å². The van der Waals surface area contributed by atoms with E-state index in [-0.39, 0.29) is 11.9 Å². The first-order valence-electron chi connectivity index (χ1n) is 7.32. The van der Waals surface area contributed by atoms with Gasteiger partial charge in [-0.1, -0.05) is 25.1 Å². The van der Waals surface area contributed by atoms with Gasteiger partial charge in [-0.15, -0.1) is 0 Å². The lowest BCUT2D eigenvalue weighted by Gasteiger charge is -2.19. The van der Waals surface area contributed by atoms with E-state index in [1.54, 1.807) is 19.1 Å². The first-order valence-corrected chi connectivity index (χ1v) is 7.32. The Balaban J connectivity index is 1.85. The fourth-order valence-electron chi connectivity index (χ4n) is 1.81. The lowest BCUT2D eigenvalue weighted by Crippen LogP contribution is -2.40. The summed E-state index contributed by atoms with van der Waals surface area (Å²) < 4.78 is 10.8. The highest BCUT2D eigenvalue weighted by atomic mass is 16.6. The second kappa shape index (κ2) is 7.11. The third-order valence-corrected chi connectivity index (χ3v) is 3.24. The van der Waals surface area contributed by atoms with Gasteiger partial charge in [0.25, 0.3) is 5.91 Å². The van der Waals surface area contributed by atoms with Gasteiger partial charge in [0.2, 0.25) is 0 Å². The van der Waals surface area contributed by atoms with E-state index in [4.69, 9.17) is 9.47 Å². The molecule has 1 aliphatic rings. The Labute approximate surface area is 124 Å². The number of ether oxygens (including phenoxy) is 2. The van der Waals surface area contributed by atoms with Crippen LogP contribution < -0.4 is 10.1 Å². The van der Waals surface area contributed by atoms with Gasteiger partial charge in [-0.3, -0.25) is 4.79 Å². The summed E-state index contributed by atoms with van der Waals surface area (Å²) in [6.45, 7) is 3.41. The highest BCUT2D eigenvalue weighted by Crippen LogP contribution is 2.19. The van der Waals surface area contributed by atoms with E-state index in [1.165, 1.54) is 0 Å². The van der Waals surface area contributed by atoms with E-state index < -0.39 is 18.2 Å². The SMILES string of the molecule is CC[C@H](Oc1ccccc1)C(=O)O[C@H](C)C(=O)NC1CC1. The Morgan fingerprint density at radius 3 is 2.52 bits per heavy atom. The van der Waals surface area contributed by atoms with Crippen molar-refractivity contribution in [1.82, 2.24) is 5.32 Å². The van der Waals surface area contributed by atoms with Gasteiger partial charge < -0.3 is 14.8 Å². The standard InChI is InChI=1S/C16H21NO4/c1-3-14(21-13-7-5-4-6-8-13)16(19)20-11(2)15(18)17-12-9-10-12/h4-8,11-12,14H,3,9-10H2,1-2H3,(H,17,18)/t11-,14+/m1/s1. The fraction of sp³-hybridized carbons (Fsp3) is 0.500. The van der Waals surface area contributed by atoms with Gasteiger partial charge in [-0.25, -0.2) is 4.79 Å². The molecule has 1 amide bonds. The molecule has 0 heterocycles. The molecule has 5 heteroatoms. The molecule has 0 aromatic heterocycles. The lowest BCUT2D eigenvalue weighted by atomic mass is 10.2. The van der Waals surface area contributed by atoms with Gasteiger partial charge in [-0.2, -0.15) is 0 Å². The van der Waals surface area contributed by atoms with Crippen molar-refractivity contribution in [3.63, 3.8) is 0 Å². The van der Waals surface area contributed by atoms with E-state index in [9.17, 15) is 9.59 Å². The van der Waals surface area contributed by atoms with Crippen LogP contribution in [-0.4, -0.2) is 30.1 Å². The largest absolute Gasteiger partial charge is 0.479 e. The monoisotopic (exact) mass is 291 g/mol. The van der Waals surface area contributed by atoms with Crippen LogP contribution in [0.15, 0.2) is 30.3 Å². The summed E-state index contributed by atoms with van der Waals surface area (Å²) in [6.07, 6.45) is 0.975. The molecule has 1 fully saturated rings. The van der Waals surface area contributed by atoms with Crippen LogP contribution in [-0.2, 0) is 14.3 Å².